The van der Waals surface area contributed by atoms with Crippen molar-refractivity contribution in [2.45, 2.75) is 6.92 Å². The number of rotatable bonds is 3. The lowest BCUT2D eigenvalue weighted by atomic mass is 10.2. The van der Waals surface area contributed by atoms with E-state index in [1.54, 1.807) is 0 Å². The van der Waals surface area contributed by atoms with Crippen molar-refractivity contribution in [1.29, 1.82) is 0 Å². The van der Waals surface area contributed by atoms with Crippen molar-refractivity contribution in [2.24, 2.45) is 0 Å². The summed E-state index contributed by atoms with van der Waals surface area (Å²) in [5, 5.41) is 6.70. The van der Waals surface area contributed by atoms with Gasteiger partial charge in [0.2, 0.25) is 0 Å². The molecular weight excluding hydrogens is 328 g/mol. The highest BCUT2D eigenvalue weighted by molar-refractivity contribution is 9.10. The monoisotopic (exact) mass is 346 g/mol. The lowest BCUT2D eigenvalue weighted by Crippen LogP contribution is -2.43. The van der Waals surface area contributed by atoms with Gasteiger partial charge in [0.25, 0.3) is 0 Å². The molecule has 0 atom stereocenters. The second kappa shape index (κ2) is 6.45. The van der Waals surface area contributed by atoms with Crippen molar-refractivity contribution < 1.29 is 0 Å². The Morgan fingerprint density at radius 1 is 1.10 bits per heavy atom. The second-order valence-electron chi connectivity index (χ2n) is 5.21. The molecule has 2 heterocycles. The number of benzene rings is 1. The lowest BCUT2D eigenvalue weighted by Gasteiger charge is -2.29. The van der Waals surface area contributed by atoms with E-state index < -0.39 is 0 Å². The van der Waals surface area contributed by atoms with E-state index in [1.165, 1.54) is 5.69 Å². The first kappa shape index (κ1) is 14.4. The predicted molar refractivity (Wildman–Crippen MR) is 91.5 cm³/mol. The van der Waals surface area contributed by atoms with E-state index in [-0.39, 0.29) is 0 Å². The van der Waals surface area contributed by atoms with Crippen LogP contribution in [0.15, 0.2) is 41.0 Å². The SMILES string of the molecule is Cc1ccc(Nc2ccc(N3CCNCC3)cc2)nc1Br. The number of piperazine rings is 1. The van der Waals surface area contributed by atoms with E-state index in [4.69, 9.17) is 0 Å². The lowest BCUT2D eigenvalue weighted by molar-refractivity contribution is 0.589. The molecule has 0 unspecified atom stereocenters. The molecule has 2 N–H and O–H groups in total. The highest BCUT2D eigenvalue weighted by atomic mass is 79.9. The molecule has 5 heteroatoms. The Kier molecular flexibility index (Phi) is 4.41. The van der Waals surface area contributed by atoms with Crippen LogP contribution in [0.2, 0.25) is 0 Å². The molecule has 0 spiro atoms. The fourth-order valence-corrected chi connectivity index (χ4v) is 2.72. The van der Waals surface area contributed by atoms with Crippen molar-refractivity contribution in [3.63, 3.8) is 0 Å². The normalized spacial score (nSPS) is 15.0. The minimum absolute atomic E-state index is 0.849. The van der Waals surface area contributed by atoms with Gasteiger partial charge in [0.15, 0.2) is 0 Å². The molecule has 0 amide bonds. The number of pyridine rings is 1. The van der Waals surface area contributed by atoms with E-state index in [0.717, 1.165) is 47.9 Å². The van der Waals surface area contributed by atoms with E-state index >= 15 is 0 Å². The smallest absolute Gasteiger partial charge is 0.131 e. The zero-order valence-electron chi connectivity index (χ0n) is 12.1. The Morgan fingerprint density at radius 3 is 2.48 bits per heavy atom. The molecule has 21 heavy (non-hydrogen) atoms. The van der Waals surface area contributed by atoms with E-state index in [2.05, 4.69) is 66.8 Å². The molecule has 110 valence electrons. The zero-order valence-corrected chi connectivity index (χ0v) is 13.7. The molecule has 0 aliphatic carbocycles. The summed E-state index contributed by atoms with van der Waals surface area (Å²) in [6.07, 6.45) is 0. The predicted octanol–water partition coefficient (Wildman–Crippen LogP) is 3.31. The summed E-state index contributed by atoms with van der Waals surface area (Å²) in [4.78, 5) is 6.87. The quantitative estimate of drug-likeness (QED) is 0.836. The molecule has 0 bridgehead atoms. The molecule has 1 aromatic heterocycles. The molecule has 1 fully saturated rings. The van der Waals surface area contributed by atoms with Gasteiger partial charge in [0, 0.05) is 37.6 Å². The van der Waals surface area contributed by atoms with Gasteiger partial charge >= 0.3 is 0 Å². The van der Waals surface area contributed by atoms with Gasteiger partial charge in [0.1, 0.15) is 10.4 Å². The van der Waals surface area contributed by atoms with Crippen LogP contribution >= 0.6 is 15.9 Å². The third kappa shape index (κ3) is 3.54. The minimum Gasteiger partial charge on any atom is -0.369 e. The second-order valence-corrected chi connectivity index (χ2v) is 5.96. The summed E-state index contributed by atoms with van der Waals surface area (Å²) in [5.74, 6) is 0.849. The van der Waals surface area contributed by atoms with Crippen LogP contribution in [-0.4, -0.2) is 31.2 Å². The highest BCUT2D eigenvalue weighted by Gasteiger charge is 2.10. The third-order valence-electron chi connectivity index (χ3n) is 3.66. The van der Waals surface area contributed by atoms with Gasteiger partial charge in [0.05, 0.1) is 0 Å². The number of hydrogen-bond acceptors (Lipinski definition) is 4. The molecule has 4 nitrogen and oxygen atoms in total. The van der Waals surface area contributed by atoms with Gasteiger partial charge in [-0.25, -0.2) is 4.98 Å². The molecule has 1 aliphatic rings. The van der Waals surface area contributed by atoms with E-state index in [1.807, 2.05) is 13.0 Å². The fraction of sp³-hybridized carbons (Fsp3) is 0.312. The average Bonchev–Trinajstić information content (AvgIpc) is 2.53. The Labute approximate surface area is 133 Å². The molecule has 1 saturated heterocycles. The number of hydrogen-bond donors (Lipinski definition) is 2. The Morgan fingerprint density at radius 2 is 1.81 bits per heavy atom. The van der Waals surface area contributed by atoms with Gasteiger partial charge in [-0.05, 0) is 58.7 Å². The molecule has 3 rings (SSSR count). The molecule has 2 aromatic rings. The maximum absolute atomic E-state index is 4.47. The third-order valence-corrected chi connectivity index (χ3v) is 4.46. The molecule has 1 aromatic carbocycles. The van der Waals surface area contributed by atoms with E-state index in [9.17, 15) is 0 Å². The number of nitrogens with one attached hydrogen (secondary N) is 2. The summed E-state index contributed by atoms with van der Waals surface area (Å²) in [7, 11) is 0. The summed E-state index contributed by atoms with van der Waals surface area (Å²) in [6.45, 7) is 6.28. The van der Waals surface area contributed by atoms with Crippen LogP contribution in [0.5, 0.6) is 0 Å². The molecule has 0 saturated carbocycles. The first-order chi connectivity index (χ1) is 10.2. The Hall–Kier alpha value is -1.59. The van der Waals surface area contributed by atoms with Gasteiger partial charge in [-0.1, -0.05) is 6.07 Å². The van der Waals surface area contributed by atoms with Crippen LogP contribution in [-0.2, 0) is 0 Å². The largest absolute Gasteiger partial charge is 0.369 e. The number of halogens is 1. The number of nitrogens with zero attached hydrogens (tertiary/aromatic N) is 2. The van der Waals surface area contributed by atoms with Crippen LogP contribution in [0, 0.1) is 6.92 Å². The van der Waals surface area contributed by atoms with Crippen LogP contribution < -0.4 is 15.5 Å². The minimum atomic E-state index is 0.849. The first-order valence-electron chi connectivity index (χ1n) is 7.18. The van der Waals surface area contributed by atoms with Crippen LogP contribution in [0.4, 0.5) is 17.2 Å². The number of anilines is 3. The molecule has 1 aliphatic heterocycles. The number of aryl methyl sites for hydroxylation is 1. The van der Waals surface area contributed by atoms with Crippen LogP contribution in [0.25, 0.3) is 0 Å². The maximum Gasteiger partial charge on any atom is 0.131 e. The Balaban J connectivity index is 1.70. The van der Waals surface area contributed by atoms with Crippen LogP contribution in [0.3, 0.4) is 0 Å². The van der Waals surface area contributed by atoms with Crippen molar-refractivity contribution in [3.8, 4) is 0 Å². The average molecular weight is 347 g/mol. The van der Waals surface area contributed by atoms with Gasteiger partial charge in [-0.3, -0.25) is 0 Å². The summed E-state index contributed by atoms with van der Waals surface area (Å²) in [5.41, 5.74) is 3.46. The van der Waals surface area contributed by atoms with E-state index in [0.29, 0.717) is 0 Å². The molecule has 0 radical (unpaired) electrons. The Bertz CT molecular complexity index is 606. The highest BCUT2D eigenvalue weighted by Crippen LogP contribution is 2.22. The summed E-state index contributed by atoms with van der Waals surface area (Å²) in [6, 6.07) is 12.6. The van der Waals surface area contributed by atoms with Crippen molar-refractivity contribution in [3.05, 3.63) is 46.6 Å². The first-order valence-corrected chi connectivity index (χ1v) is 7.97. The van der Waals surface area contributed by atoms with Crippen molar-refractivity contribution in [1.82, 2.24) is 10.3 Å². The summed E-state index contributed by atoms with van der Waals surface area (Å²) < 4.78 is 0.880. The fourth-order valence-electron chi connectivity index (χ4n) is 2.40. The van der Waals surface area contributed by atoms with Gasteiger partial charge < -0.3 is 15.5 Å². The standard InChI is InChI=1S/C16H19BrN4/c1-12-2-7-15(20-16(12)17)19-13-3-5-14(6-4-13)21-10-8-18-9-11-21/h2-7,18H,8-11H2,1H3,(H,19,20). The molecular formula is C16H19BrN4. The van der Waals surface area contributed by atoms with Crippen molar-refractivity contribution in [2.75, 3.05) is 36.4 Å². The topological polar surface area (TPSA) is 40.2 Å². The van der Waals surface area contributed by atoms with Crippen LogP contribution in [0.1, 0.15) is 5.56 Å². The van der Waals surface area contributed by atoms with Gasteiger partial charge in [-0.15, -0.1) is 0 Å². The summed E-state index contributed by atoms with van der Waals surface area (Å²) >= 11 is 3.46. The zero-order chi connectivity index (χ0) is 14.7. The number of aromatic nitrogens is 1. The maximum atomic E-state index is 4.47. The van der Waals surface area contributed by atoms with Crippen molar-refractivity contribution >= 4 is 33.1 Å². The van der Waals surface area contributed by atoms with Gasteiger partial charge in [-0.2, -0.15) is 0 Å².